The second-order valence-corrected chi connectivity index (χ2v) is 3.82. The minimum absolute atomic E-state index is 0.0556. The Kier molecular flexibility index (Phi) is 4.55. The van der Waals surface area contributed by atoms with Gasteiger partial charge in [-0.05, 0) is 25.1 Å². The van der Waals surface area contributed by atoms with Crippen molar-refractivity contribution in [2.75, 3.05) is 0 Å². The average Bonchev–Trinajstić information content (AvgIpc) is 2.62. The number of oxazole rings is 1. The van der Waals surface area contributed by atoms with Crippen LogP contribution in [0.1, 0.15) is 19.6 Å². The van der Waals surface area contributed by atoms with Gasteiger partial charge in [0.05, 0.1) is 0 Å². The van der Waals surface area contributed by atoms with E-state index in [0.29, 0.717) is 11.7 Å². The summed E-state index contributed by atoms with van der Waals surface area (Å²) in [5.41, 5.74) is 0.836. The Labute approximate surface area is 103 Å². The van der Waals surface area contributed by atoms with E-state index in [4.69, 9.17) is 4.42 Å². The van der Waals surface area contributed by atoms with Gasteiger partial charge in [0.15, 0.2) is 5.76 Å². The van der Waals surface area contributed by atoms with Crippen molar-refractivity contribution in [3.63, 3.8) is 0 Å². The number of rotatable bonds is 1. The number of hydrogen-bond acceptors (Lipinski definition) is 3. The van der Waals surface area contributed by atoms with E-state index in [1.54, 1.807) is 6.92 Å². The van der Waals surface area contributed by atoms with Gasteiger partial charge in [-0.2, -0.15) is 4.98 Å². The maximum atomic E-state index is 9.25. The predicted octanol–water partition coefficient (Wildman–Crippen LogP) is 4.14. The van der Waals surface area contributed by atoms with Crippen molar-refractivity contribution in [1.29, 1.82) is 0 Å². The quantitative estimate of drug-likeness (QED) is 0.855. The number of halogens is 1. The van der Waals surface area contributed by atoms with Crippen molar-refractivity contribution in [3.05, 3.63) is 34.5 Å². The summed E-state index contributed by atoms with van der Waals surface area (Å²) < 4.78 is 6.22. The summed E-state index contributed by atoms with van der Waals surface area (Å²) >= 11 is 3.35. The van der Waals surface area contributed by atoms with Crippen LogP contribution in [0.3, 0.4) is 0 Å². The van der Waals surface area contributed by atoms with Crippen molar-refractivity contribution >= 4 is 15.9 Å². The molecule has 2 aromatic rings. The molecule has 0 aliphatic rings. The fourth-order valence-corrected chi connectivity index (χ4v) is 1.53. The summed E-state index contributed by atoms with van der Waals surface area (Å²) in [6, 6.07) is 7.55. The number of hydrogen-bond donors (Lipinski definition) is 1. The van der Waals surface area contributed by atoms with Crippen molar-refractivity contribution in [3.8, 4) is 17.3 Å². The van der Waals surface area contributed by atoms with Gasteiger partial charge in [0.25, 0.3) is 5.88 Å². The zero-order chi connectivity index (χ0) is 12.1. The third kappa shape index (κ3) is 2.85. The molecule has 0 saturated heterocycles. The van der Waals surface area contributed by atoms with Gasteiger partial charge in [-0.3, -0.25) is 0 Å². The Morgan fingerprint density at radius 1 is 1.31 bits per heavy atom. The van der Waals surface area contributed by atoms with Crippen molar-refractivity contribution in [2.45, 2.75) is 20.8 Å². The molecule has 1 aromatic carbocycles. The van der Waals surface area contributed by atoms with E-state index in [-0.39, 0.29) is 5.88 Å². The third-order valence-corrected chi connectivity index (χ3v) is 2.34. The maximum absolute atomic E-state index is 9.25. The van der Waals surface area contributed by atoms with Crippen LogP contribution in [0.5, 0.6) is 5.88 Å². The van der Waals surface area contributed by atoms with Crippen LogP contribution in [0.15, 0.2) is 33.2 Å². The molecule has 0 spiro atoms. The van der Waals surface area contributed by atoms with E-state index >= 15 is 0 Å². The number of nitrogens with zero attached hydrogens (tertiary/aromatic N) is 1. The van der Waals surface area contributed by atoms with Crippen molar-refractivity contribution in [2.24, 2.45) is 0 Å². The SMILES string of the molecule is CC.Cc1oc(-c2cccc(Br)c2)nc1O. The molecule has 0 aliphatic heterocycles. The lowest BCUT2D eigenvalue weighted by Gasteiger charge is -1.94. The van der Waals surface area contributed by atoms with Gasteiger partial charge in [0, 0.05) is 10.0 Å². The summed E-state index contributed by atoms with van der Waals surface area (Å²) in [6.45, 7) is 5.67. The molecule has 1 aromatic heterocycles. The molecule has 2 rings (SSSR count). The summed E-state index contributed by atoms with van der Waals surface area (Å²) in [7, 11) is 0. The van der Waals surface area contributed by atoms with Crippen LogP contribution in [0.2, 0.25) is 0 Å². The second kappa shape index (κ2) is 5.70. The predicted molar refractivity (Wildman–Crippen MR) is 67.4 cm³/mol. The van der Waals surface area contributed by atoms with Crippen LogP contribution in [0, 0.1) is 6.92 Å². The second-order valence-electron chi connectivity index (χ2n) is 2.91. The maximum Gasteiger partial charge on any atom is 0.253 e. The highest BCUT2D eigenvalue weighted by molar-refractivity contribution is 9.10. The summed E-state index contributed by atoms with van der Waals surface area (Å²) in [5.74, 6) is 0.807. The van der Waals surface area contributed by atoms with E-state index in [2.05, 4.69) is 20.9 Å². The molecule has 0 atom stereocenters. The third-order valence-electron chi connectivity index (χ3n) is 1.84. The van der Waals surface area contributed by atoms with E-state index in [1.165, 1.54) is 0 Å². The molecular weight excluding hydrogens is 270 g/mol. The van der Waals surface area contributed by atoms with Gasteiger partial charge >= 0.3 is 0 Å². The number of aromatic nitrogens is 1. The Hall–Kier alpha value is -1.29. The minimum atomic E-state index is -0.0556. The Morgan fingerprint density at radius 3 is 2.50 bits per heavy atom. The molecule has 3 nitrogen and oxygen atoms in total. The van der Waals surface area contributed by atoms with Crippen LogP contribution >= 0.6 is 15.9 Å². The molecule has 0 saturated carbocycles. The monoisotopic (exact) mass is 283 g/mol. The van der Waals surface area contributed by atoms with Gasteiger partial charge in [0.1, 0.15) is 0 Å². The highest BCUT2D eigenvalue weighted by Gasteiger charge is 2.09. The van der Waals surface area contributed by atoms with E-state index < -0.39 is 0 Å². The lowest BCUT2D eigenvalue weighted by atomic mass is 10.2. The molecule has 16 heavy (non-hydrogen) atoms. The Morgan fingerprint density at radius 2 is 2.00 bits per heavy atom. The van der Waals surface area contributed by atoms with E-state index in [9.17, 15) is 5.11 Å². The molecular formula is C12H14BrNO2. The van der Waals surface area contributed by atoms with Crippen molar-refractivity contribution < 1.29 is 9.52 Å². The van der Waals surface area contributed by atoms with Crippen LogP contribution < -0.4 is 0 Å². The van der Waals surface area contributed by atoms with Crippen LogP contribution in [-0.4, -0.2) is 10.1 Å². The normalized spacial score (nSPS) is 9.50. The lowest BCUT2D eigenvalue weighted by molar-refractivity contribution is 0.436. The van der Waals surface area contributed by atoms with Crippen LogP contribution in [-0.2, 0) is 0 Å². The van der Waals surface area contributed by atoms with Crippen LogP contribution in [0.25, 0.3) is 11.5 Å². The Balaban J connectivity index is 0.000000606. The van der Waals surface area contributed by atoms with Crippen molar-refractivity contribution in [1.82, 2.24) is 4.98 Å². The molecule has 1 N–H and O–H groups in total. The largest absolute Gasteiger partial charge is 0.491 e. The highest BCUT2D eigenvalue weighted by Crippen LogP contribution is 2.26. The molecule has 0 fully saturated rings. The first-order valence-corrected chi connectivity index (χ1v) is 5.88. The van der Waals surface area contributed by atoms with Gasteiger partial charge in [-0.1, -0.05) is 35.8 Å². The van der Waals surface area contributed by atoms with E-state index in [0.717, 1.165) is 10.0 Å². The van der Waals surface area contributed by atoms with Gasteiger partial charge in [-0.15, -0.1) is 0 Å². The molecule has 0 aliphatic carbocycles. The molecule has 0 amide bonds. The molecule has 0 radical (unpaired) electrons. The molecule has 0 unspecified atom stereocenters. The molecule has 1 heterocycles. The summed E-state index contributed by atoms with van der Waals surface area (Å²) in [4.78, 5) is 3.89. The van der Waals surface area contributed by atoms with E-state index in [1.807, 2.05) is 38.1 Å². The topological polar surface area (TPSA) is 46.3 Å². The first kappa shape index (κ1) is 12.8. The zero-order valence-electron chi connectivity index (χ0n) is 9.49. The average molecular weight is 284 g/mol. The fourth-order valence-electron chi connectivity index (χ4n) is 1.13. The highest BCUT2D eigenvalue weighted by atomic mass is 79.9. The number of benzene rings is 1. The molecule has 4 heteroatoms. The first-order valence-electron chi connectivity index (χ1n) is 5.09. The zero-order valence-corrected chi connectivity index (χ0v) is 11.1. The molecule has 86 valence electrons. The Bertz CT molecular complexity index is 446. The lowest BCUT2D eigenvalue weighted by Crippen LogP contribution is -1.76. The van der Waals surface area contributed by atoms with Gasteiger partial charge in [-0.25, -0.2) is 0 Å². The van der Waals surface area contributed by atoms with Gasteiger partial charge in [0.2, 0.25) is 5.89 Å². The summed E-state index contributed by atoms with van der Waals surface area (Å²) in [5, 5.41) is 9.25. The first-order chi connectivity index (χ1) is 7.66. The number of aryl methyl sites for hydroxylation is 1. The van der Waals surface area contributed by atoms with Gasteiger partial charge < -0.3 is 9.52 Å². The van der Waals surface area contributed by atoms with Crippen LogP contribution in [0.4, 0.5) is 0 Å². The minimum Gasteiger partial charge on any atom is -0.491 e. The molecule has 0 bridgehead atoms. The summed E-state index contributed by atoms with van der Waals surface area (Å²) in [6.07, 6.45) is 0. The smallest absolute Gasteiger partial charge is 0.253 e. The number of aromatic hydroxyl groups is 1. The fraction of sp³-hybridized carbons (Fsp3) is 0.250. The standard InChI is InChI=1S/C10H8BrNO2.C2H6/c1-6-9(13)12-10(14-6)7-3-2-4-8(11)5-7;1-2/h2-5,13H,1H3;1-2H3.